The summed E-state index contributed by atoms with van der Waals surface area (Å²) < 4.78 is 0. The zero-order valence-corrected chi connectivity index (χ0v) is 8.36. The van der Waals surface area contributed by atoms with Crippen LogP contribution in [0.4, 0.5) is 0 Å². The van der Waals surface area contributed by atoms with Crippen molar-refractivity contribution in [2.75, 3.05) is 6.54 Å². The smallest absolute Gasteiger partial charge is 0.234 e. The minimum Gasteiger partial charge on any atom is -0.347 e. The summed E-state index contributed by atoms with van der Waals surface area (Å²) in [6, 6.07) is 2.54. The van der Waals surface area contributed by atoms with E-state index in [-0.39, 0.29) is 11.9 Å². The molecule has 1 aromatic heterocycles. The van der Waals surface area contributed by atoms with E-state index in [0.29, 0.717) is 12.6 Å². The Labute approximate surface area is 88.1 Å². The third-order valence-corrected chi connectivity index (χ3v) is 3.25. The van der Waals surface area contributed by atoms with E-state index in [9.17, 15) is 4.79 Å². The number of aromatic nitrogens is 1. The van der Waals surface area contributed by atoms with Gasteiger partial charge in [0.1, 0.15) is 0 Å². The molecule has 0 bridgehead atoms. The van der Waals surface area contributed by atoms with Crippen LogP contribution < -0.4 is 10.6 Å². The molecule has 1 aromatic rings. The van der Waals surface area contributed by atoms with Gasteiger partial charge >= 0.3 is 0 Å². The van der Waals surface area contributed by atoms with Crippen LogP contribution in [0.3, 0.4) is 0 Å². The number of carbonyl (C=O) groups excluding carboxylic acids is 1. The number of piperazine rings is 1. The fraction of sp³-hybridized carbons (Fsp3) is 0.455. The lowest BCUT2D eigenvalue weighted by Gasteiger charge is -2.37. The highest BCUT2D eigenvalue weighted by molar-refractivity contribution is 5.79. The first-order valence-electron chi connectivity index (χ1n) is 5.30. The Morgan fingerprint density at radius 2 is 2.40 bits per heavy atom. The summed E-state index contributed by atoms with van der Waals surface area (Å²) in [7, 11) is 0. The summed E-state index contributed by atoms with van der Waals surface area (Å²) in [4.78, 5) is 15.5. The first kappa shape index (κ1) is 8.85. The molecular formula is C11H13N3O. The number of fused-ring (bicyclic) bond motifs is 3. The molecular weight excluding hydrogens is 190 g/mol. The molecule has 3 rings (SSSR count). The molecule has 15 heavy (non-hydrogen) atoms. The Bertz CT molecular complexity index is 405. The predicted molar refractivity (Wildman–Crippen MR) is 55.2 cm³/mol. The molecule has 4 nitrogen and oxygen atoms in total. The van der Waals surface area contributed by atoms with E-state index in [1.807, 2.05) is 18.5 Å². The van der Waals surface area contributed by atoms with Gasteiger partial charge in [-0.2, -0.15) is 0 Å². The van der Waals surface area contributed by atoms with E-state index in [0.717, 1.165) is 12.8 Å². The van der Waals surface area contributed by atoms with Crippen LogP contribution in [0, 0.1) is 0 Å². The van der Waals surface area contributed by atoms with E-state index in [4.69, 9.17) is 0 Å². The van der Waals surface area contributed by atoms with Crippen LogP contribution in [0.25, 0.3) is 0 Å². The second-order valence-corrected chi connectivity index (χ2v) is 4.15. The molecule has 4 heteroatoms. The topological polar surface area (TPSA) is 54.0 Å². The molecule has 2 unspecified atom stereocenters. The molecule has 2 N–H and O–H groups in total. The van der Waals surface area contributed by atoms with Crippen molar-refractivity contribution in [2.45, 2.75) is 24.9 Å². The normalized spacial score (nSPS) is 28.9. The maximum Gasteiger partial charge on any atom is 0.234 e. The van der Waals surface area contributed by atoms with Crippen molar-refractivity contribution in [3.8, 4) is 0 Å². The van der Waals surface area contributed by atoms with Crippen molar-refractivity contribution in [3.63, 3.8) is 0 Å². The number of pyridine rings is 1. The molecule has 0 saturated carbocycles. The van der Waals surface area contributed by atoms with E-state index in [1.54, 1.807) is 0 Å². The van der Waals surface area contributed by atoms with Crippen molar-refractivity contribution in [2.24, 2.45) is 0 Å². The predicted octanol–water partition coefficient (Wildman–Crippen LogP) is 0.157. The van der Waals surface area contributed by atoms with Crippen molar-refractivity contribution < 1.29 is 4.79 Å². The van der Waals surface area contributed by atoms with Gasteiger partial charge in [-0.05, 0) is 30.0 Å². The third kappa shape index (κ3) is 1.41. The summed E-state index contributed by atoms with van der Waals surface area (Å²) in [6.45, 7) is 0.441. The second kappa shape index (κ2) is 3.31. The molecule has 1 amide bonds. The maximum atomic E-state index is 11.3. The van der Waals surface area contributed by atoms with E-state index in [1.165, 1.54) is 11.1 Å². The number of amides is 1. The highest BCUT2D eigenvalue weighted by atomic mass is 16.2. The lowest BCUT2D eigenvalue weighted by atomic mass is 9.84. The number of rotatable bonds is 0. The Morgan fingerprint density at radius 3 is 3.33 bits per heavy atom. The van der Waals surface area contributed by atoms with Crippen LogP contribution >= 0.6 is 0 Å². The Kier molecular flexibility index (Phi) is 1.95. The molecule has 2 atom stereocenters. The monoisotopic (exact) mass is 203 g/mol. The van der Waals surface area contributed by atoms with Crippen LogP contribution in [0.15, 0.2) is 18.5 Å². The average Bonchev–Trinajstić information content (AvgIpc) is 2.29. The van der Waals surface area contributed by atoms with Crippen molar-refractivity contribution in [3.05, 3.63) is 29.6 Å². The van der Waals surface area contributed by atoms with Crippen molar-refractivity contribution >= 4 is 5.91 Å². The summed E-state index contributed by atoms with van der Waals surface area (Å²) in [5.41, 5.74) is 2.49. The van der Waals surface area contributed by atoms with Crippen LogP contribution in [0.1, 0.15) is 23.6 Å². The van der Waals surface area contributed by atoms with Gasteiger partial charge in [-0.3, -0.25) is 9.78 Å². The summed E-state index contributed by atoms with van der Waals surface area (Å²) in [5.74, 6) is 0.0768. The number of hydrogen-bond acceptors (Lipinski definition) is 3. The lowest BCUT2D eigenvalue weighted by Crippen LogP contribution is -2.55. The van der Waals surface area contributed by atoms with Gasteiger partial charge in [0.05, 0.1) is 12.6 Å². The Hall–Kier alpha value is -1.42. The van der Waals surface area contributed by atoms with Crippen LogP contribution in [0.2, 0.25) is 0 Å². The lowest BCUT2D eigenvalue weighted by molar-refractivity contribution is -0.123. The quantitative estimate of drug-likeness (QED) is 0.631. The number of nitrogens with zero attached hydrogens (tertiary/aromatic N) is 1. The molecule has 1 saturated heterocycles. The van der Waals surface area contributed by atoms with Gasteiger partial charge in [-0.25, -0.2) is 0 Å². The van der Waals surface area contributed by atoms with Crippen LogP contribution in [0.5, 0.6) is 0 Å². The van der Waals surface area contributed by atoms with Crippen molar-refractivity contribution in [1.29, 1.82) is 0 Å². The SMILES string of the molecule is O=C1CNC2CCc3ccncc3C2N1. The van der Waals surface area contributed by atoms with Crippen LogP contribution in [-0.2, 0) is 11.2 Å². The van der Waals surface area contributed by atoms with E-state index < -0.39 is 0 Å². The fourth-order valence-electron chi connectivity index (χ4n) is 2.48. The van der Waals surface area contributed by atoms with Gasteiger partial charge in [0.15, 0.2) is 0 Å². The van der Waals surface area contributed by atoms with Gasteiger partial charge in [-0.1, -0.05) is 0 Å². The number of carbonyl (C=O) groups is 1. The maximum absolute atomic E-state index is 11.3. The molecule has 2 heterocycles. The number of nitrogens with one attached hydrogen (secondary N) is 2. The van der Waals surface area contributed by atoms with Gasteiger partial charge in [0, 0.05) is 18.4 Å². The average molecular weight is 203 g/mol. The summed E-state index contributed by atoms with van der Waals surface area (Å²) >= 11 is 0. The Balaban J connectivity index is 2.00. The van der Waals surface area contributed by atoms with Crippen LogP contribution in [-0.4, -0.2) is 23.5 Å². The highest BCUT2D eigenvalue weighted by Gasteiger charge is 2.33. The molecule has 78 valence electrons. The first-order valence-corrected chi connectivity index (χ1v) is 5.30. The van der Waals surface area contributed by atoms with Gasteiger partial charge in [0.25, 0.3) is 0 Å². The standard InChI is InChI=1S/C11H13N3O/c15-10-6-13-9-2-1-7-3-4-12-5-8(7)11(9)14-10/h3-5,9,11,13H,1-2,6H2,(H,14,15). The summed E-state index contributed by atoms with van der Waals surface area (Å²) in [6.07, 6.45) is 5.85. The molecule has 0 radical (unpaired) electrons. The third-order valence-electron chi connectivity index (χ3n) is 3.25. The van der Waals surface area contributed by atoms with E-state index in [2.05, 4.69) is 15.6 Å². The minimum atomic E-state index is 0.0768. The number of hydrogen-bond donors (Lipinski definition) is 2. The zero-order valence-electron chi connectivity index (χ0n) is 8.36. The first-order chi connectivity index (χ1) is 7.34. The largest absolute Gasteiger partial charge is 0.347 e. The van der Waals surface area contributed by atoms with E-state index >= 15 is 0 Å². The molecule has 0 spiro atoms. The zero-order chi connectivity index (χ0) is 10.3. The minimum absolute atomic E-state index is 0.0768. The van der Waals surface area contributed by atoms with Gasteiger partial charge < -0.3 is 10.6 Å². The Morgan fingerprint density at radius 1 is 1.47 bits per heavy atom. The molecule has 1 aliphatic heterocycles. The fourth-order valence-corrected chi connectivity index (χ4v) is 2.48. The summed E-state index contributed by atoms with van der Waals surface area (Å²) in [5, 5.41) is 6.30. The highest BCUT2D eigenvalue weighted by Crippen LogP contribution is 2.30. The molecule has 1 fully saturated rings. The molecule has 1 aliphatic carbocycles. The molecule has 2 aliphatic rings. The molecule has 0 aromatic carbocycles. The van der Waals surface area contributed by atoms with Gasteiger partial charge in [0.2, 0.25) is 5.91 Å². The van der Waals surface area contributed by atoms with Crippen molar-refractivity contribution in [1.82, 2.24) is 15.6 Å². The number of aryl methyl sites for hydroxylation is 1. The van der Waals surface area contributed by atoms with Gasteiger partial charge in [-0.15, -0.1) is 0 Å². The second-order valence-electron chi connectivity index (χ2n) is 4.15.